The van der Waals surface area contributed by atoms with Gasteiger partial charge in [0.25, 0.3) is 5.91 Å². The maximum absolute atomic E-state index is 14.5. The van der Waals surface area contributed by atoms with E-state index < -0.39 is 102 Å². The smallest absolute Gasteiger partial charge is 0.251 e. The Morgan fingerprint density at radius 3 is 1.98 bits per heavy atom. The zero-order valence-electron chi connectivity index (χ0n) is 48.6. The number of fused-ring (bicyclic) bond motifs is 2. The van der Waals surface area contributed by atoms with Crippen molar-refractivity contribution in [1.82, 2.24) is 36.4 Å². The van der Waals surface area contributed by atoms with Crippen molar-refractivity contribution in [2.75, 3.05) is 74.1 Å². The fourth-order valence-electron chi connectivity index (χ4n) is 11.2. The minimum Gasteiger partial charge on any atom is -0.506 e. The minimum absolute atomic E-state index is 0.0323. The molecule has 13 N–H and O–H groups in total. The molecule has 9 atom stereocenters. The van der Waals surface area contributed by atoms with E-state index in [4.69, 9.17) is 16.2 Å². The summed E-state index contributed by atoms with van der Waals surface area (Å²) in [7, 11) is 0. The van der Waals surface area contributed by atoms with Crippen molar-refractivity contribution in [3.63, 3.8) is 0 Å². The quantitative estimate of drug-likeness (QED) is 0.0592. The van der Waals surface area contributed by atoms with Gasteiger partial charge in [-0.05, 0) is 131 Å². The van der Waals surface area contributed by atoms with Crippen LogP contribution >= 0.6 is 0 Å². The first-order chi connectivity index (χ1) is 40.3. The van der Waals surface area contributed by atoms with Gasteiger partial charge in [-0.25, -0.2) is 0 Å². The van der Waals surface area contributed by atoms with E-state index in [2.05, 4.69) is 60.8 Å². The first-order valence-electron chi connectivity index (χ1n) is 29.7. The van der Waals surface area contributed by atoms with Crippen molar-refractivity contribution >= 4 is 64.3 Å². The number of aliphatic hydroxyl groups is 2. The van der Waals surface area contributed by atoms with Crippen LogP contribution in [-0.4, -0.2) is 186 Å². The van der Waals surface area contributed by atoms with Gasteiger partial charge in [0.1, 0.15) is 47.8 Å². The average Bonchev–Trinajstić information content (AvgIpc) is 4.35. The highest BCUT2D eigenvalue weighted by molar-refractivity contribution is 6.00. The van der Waals surface area contributed by atoms with Gasteiger partial charge in [0, 0.05) is 68.8 Å². The Bertz CT molecular complexity index is 2740. The monoisotopic (exact) mass is 1170 g/mol. The van der Waals surface area contributed by atoms with Crippen LogP contribution in [0.5, 0.6) is 11.5 Å². The summed E-state index contributed by atoms with van der Waals surface area (Å²) in [5.74, 6) is -5.24. The van der Waals surface area contributed by atoms with E-state index in [1.54, 1.807) is 12.1 Å². The van der Waals surface area contributed by atoms with Crippen LogP contribution in [0, 0.1) is 0 Å². The number of amides is 8. The second kappa shape index (κ2) is 30.8. The summed E-state index contributed by atoms with van der Waals surface area (Å²) in [5, 5.41) is 48.6. The van der Waals surface area contributed by atoms with Gasteiger partial charge in [0.15, 0.2) is 0 Å². The van der Waals surface area contributed by atoms with Crippen molar-refractivity contribution in [3.05, 3.63) is 77.9 Å². The Morgan fingerprint density at radius 2 is 1.33 bits per heavy atom. The molecule has 458 valence electrons. The fraction of sp³-hybridized carbons (Fsp3) is 0.567. The third-order valence-corrected chi connectivity index (χ3v) is 16.1. The number of hydrogen-bond donors (Lipinski definition) is 11. The molecular weight excluding hydrogens is 1080 g/mol. The van der Waals surface area contributed by atoms with Crippen molar-refractivity contribution in [1.29, 1.82) is 0 Å². The molecule has 4 saturated heterocycles. The van der Waals surface area contributed by atoms with Crippen molar-refractivity contribution < 1.29 is 58.4 Å². The van der Waals surface area contributed by atoms with Crippen LogP contribution in [0.15, 0.2) is 66.7 Å². The molecule has 4 heterocycles. The summed E-state index contributed by atoms with van der Waals surface area (Å²) < 4.78 is 5.99. The normalized spacial score (nSPS) is 23.9. The highest BCUT2D eigenvalue weighted by Gasteiger charge is 2.44. The van der Waals surface area contributed by atoms with Crippen molar-refractivity contribution in [3.8, 4) is 11.5 Å². The number of nitrogens with two attached hydrogens (primary N) is 2. The predicted octanol–water partition coefficient (Wildman–Crippen LogP) is 1.13. The first-order valence-corrected chi connectivity index (χ1v) is 29.7. The molecule has 0 aromatic heterocycles. The number of phenols is 1. The fourth-order valence-corrected chi connectivity index (χ4v) is 11.2. The van der Waals surface area contributed by atoms with Crippen LogP contribution < -0.4 is 57.9 Å². The predicted molar refractivity (Wildman–Crippen MR) is 316 cm³/mol. The third kappa shape index (κ3) is 17.3. The number of phenolic OH excluding ortho intramolecular Hbond substituents is 1. The molecule has 4 fully saturated rings. The van der Waals surface area contributed by atoms with Gasteiger partial charge < -0.3 is 83.0 Å². The molecule has 4 aliphatic heterocycles. The summed E-state index contributed by atoms with van der Waals surface area (Å²) >= 11 is 0. The number of ether oxygens (including phenoxy) is 1. The molecule has 3 aromatic carbocycles. The minimum atomic E-state index is -1.61. The summed E-state index contributed by atoms with van der Waals surface area (Å²) in [6.45, 7) is 8.09. The van der Waals surface area contributed by atoms with E-state index in [0.717, 1.165) is 49.7 Å². The van der Waals surface area contributed by atoms with Gasteiger partial charge in [-0.3, -0.25) is 38.4 Å². The number of carbonyl (C=O) groups excluding carboxylic acids is 8. The number of carbonyl (C=O) groups is 8. The Labute approximate surface area is 491 Å². The highest BCUT2D eigenvalue weighted by Crippen LogP contribution is 2.28. The van der Waals surface area contributed by atoms with Crippen LogP contribution in [0.4, 0.5) is 17.1 Å². The second-order valence-corrected chi connectivity index (χ2v) is 22.4. The topological polar surface area (TPSA) is 344 Å². The number of anilines is 3. The molecule has 0 spiro atoms. The number of hydrogen-bond acceptors (Lipinski definition) is 16. The van der Waals surface area contributed by atoms with Gasteiger partial charge in [-0.15, -0.1) is 0 Å². The van der Waals surface area contributed by atoms with Crippen molar-refractivity contribution in [2.45, 2.75) is 159 Å². The van der Waals surface area contributed by atoms with Gasteiger partial charge in [0.05, 0.1) is 31.0 Å². The first kappa shape index (κ1) is 64.0. The van der Waals surface area contributed by atoms with Crippen LogP contribution in [-0.2, 0) is 40.0 Å². The molecule has 0 radical (unpaired) electrons. The largest absolute Gasteiger partial charge is 0.506 e. The number of aliphatic hydroxyl groups excluding tert-OH is 2. The standard InChI is InChI=1S/C60H86N12O12/c1-4-5-6-7-8-9-32-84-44-22-20-43(21-23-44)70-30-28-69(29-31-70)42-18-16-40(17-19-42)54(77)65-45-12-10-26-63-57(80)49-34-41(62)36-72(49)60(83)53(38(3)74)68-56(79)46(24-14-39-15-25-50(75)47(33-39)64-51(76)35-61)66-58(81)48-13-11-27-71(48)59(82)52(37(2)73)67-55(45)78/h15-23,25,33,37-38,41,45-46,48-49,52-53,73-75H,4-14,24,26-32,34-36,61-62H2,1-3H3,(H,63,80)(H,64,76)(H,65,77)(H,66,81)(H,67,78)(H,68,79)/t37-,38-,41+,45+,46+,48+,49+,52+,53+/m1/s1. The summed E-state index contributed by atoms with van der Waals surface area (Å²) in [4.78, 5) is 119. The Hall–Kier alpha value is -7.54. The average molecular weight is 1170 g/mol. The van der Waals surface area contributed by atoms with Gasteiger partial charge in [0.2, 0.25) is 41.4 Å². The number of piperazine rings is 1. The molecule has 8 amide bonds. The van der Waals surface area contributed by atoms with Crippen LogP contribution in [0.3, 0.4) is 0 Å². The Morgan fingerprint density at radius 1 is 0.714 bits per heavy atom. The molecule has 24 heteroatoms. The lowest BCUT2D eigenvalue weighted by atomic mass is 10.0. The van der Waals surface area contributed by atoms with Gasteiger partial charge in [-0.1, -0.05) is 45.1 Å². The second-order valence-electron chi connectivity index (χ2n) is 22.4. The number of aryl methyl sites for hydroxylation is 1. The van der Waals surface area contributed by atoms with Crippen LogP contribution in [0.2, 0.25) is 0 Å². The van der Waals surface area contributed by atoms with Crippen LogP contribution in [0.1, 0.15) is 114 Å². The Balaban J connectivity index is 1.06. The molecule has 0 unspecified atom stereocenters. The lowest BCUT2D eigenvalue weighted by Crippen LogP contribution is -2.61. The summed E-state index contributed by atoms with van der Waals surface area (Å²) in [5.41, 5.74) is 14.6. The van der Waals surface area contributed by atoms with Crippen LogP contribution in [0.25, 0.3) is 0 Å². The number of nitrogens with one attached hydrogen (secondary N) is 6. The molecule has 84 heavy (non-hydrogen) atoms. The lowest BCUT2D eigenvalue weighted by molar-refractivity contribution is -0.145. The molecule has 0 aliphatic carbocycles. The maximum atomic E-state index is 14.5. The molecule has 0 saturated carbocycles. The molecule has 0 bridgehead atoms. The van der Waals surface area contributed by atoms with Crippen molar-refractivity contribution in [2.24, 2.45) is 11.5 Å². The molecule has 3 aromatic rings. The SMILES string of the molecule is CCCCCCCCOc1ccc(N2CCN(c3ccc(C(=O)N[C@H]4CCCNC(=O)[C@@H]5C[C@H](N)CN5C(=O)[C@H]([C@@H](C)O)NC(=O)[C@H](CCc5ccc(O)c(NC(=O)CN)c5)NC(=O)[C@@H]5CCCN5C(=O)[C@H]([C@@H](C)O)NC4=O)cc3)CC2)cc1. The van der Waals surface area contributed by atoms with E-state index in [9.17, 15) is 53.7 Å². The lowest BCUT2D eigenvalue weighted by Gasteiger charge is -2.37. The zero-order valence-corrected chi connectivity index (χ0v) is 48.6. The Kier molecular flexibility index (Phi) is 23.5. The summed E-state index contributed by atoms with van der Waals surface area (Å²) in [6.07, 6.45) is 4.74. The number of nitrogens with zero attached hydrogens (tertiary/aromatic N) is 4. The maximum Gasteiger partial charge on any atom is 0.251 e. The van der Waals surface area contributed by atoms with E-state index in [0.29, 0.717) is 18.6 Å². The number of unbranched alkanes of at least 4 members (excludes halogenated alkanes) is 5. The molecule has 24 nitrogen and oxygen atoms in total. The van der Waals surface area contributed by atoms with Gasteiger partial charge in [-0.2, -0.15) is 0 Å². The molecule has 7 rings (SSSR count). The summed E-state index contributed by atoms with van der Waals surface area (Å²) in [6, 6.07) is 10.7. The van der Waals surface area contributed by atoms with E-state index in [1.807, 2.05) is 24.3 Å². The van der Waals surface area contributed by atoms with E-state index in [-0.39, 0.29) is 81.7 Å². The molecule has 4 aliphatic rings. The number of benzene rings is 3. The van der Waals surface area contributed by atoms with Gasteiger partial charge >= 0.3 is 0 Å². The third-order valence-electron chi connectivity index (χ3n) is 16.1. The number of aromatic hydroxyl groups is 1. The number of rotatable bonds is 19. The van der Waals surface area contributed by atoms with E-state index >= 15 is 0 Å². The zero-order chi connectivity index (χ0) is 60.5. The van der Waals surface area contributed by atoms with E-state index in [1.165, 1.54) is 74.0 Å². The highest BCUT2D eigenvalue weighted by atomic mass is 16.5. The molecular formula is C60H86N12O12.